The summed E-state index contributed by atoms with van der Waals surface area (Å²) in [7, 11) is 0. The molecule has 0 aliphatic carbocycles. The zero-order chi connectivity index (χ0) is 32.5. The van der Waals surface area contributed by atoms with E-state index >= 15 is 0 Å². The van der Waals surface area contributed by atoms with E-state index in [4.69, 9.17) is 26.4 Å². The average Bonchev–Trinajstić information content (AvgIpc) is 2.86. The highest BCUT2D eigenvalue weighted by Crippen LogP contribution is 2.26. The Morgan fingerprint density at radius 3 is 2.35 bits per heavy atom. The molecule has 2 atom stereocenters. The molecule has 2 rings (SSSR count). The number of nitrogens with one attached hydrogen (secondary N) is 2. The first kappa shape index (κ1) is 34.6. The summed E-state index contributed by atoms with van der Waals surface area (Å²) in [5.41, 5.74) is 16.2. The van der Waals surface area contributed by atoms with Crippen molar-refractivity contribution in [3.8, 4) is 0 Å². The fourth-order valence-electron chi connectivity index (χ4n) is 4.38. The van der Waals surface area contributed by atoms with Crippen LogP contribution in [-0.4, -0.2) is 60.5 Å². The van der Waals surface area contributed by atoms with Crippen LogP contribution in [0.5, 0.6) is 0 Å². The molecule has 0 bridgehead atoms. The molecule has 1 aromatic heterocycles. The SMILES string of the molecule is Cc1cc(=O)oc2cc(N(C(=O)CNC(=O)[C@H](CC(C)C)NC(=O)OC(C)(C)C)[C@@H](CCCN=C(N)N)C(N)=O)ccc12. The first-order valence-electron chi connectivity index (χ1n) is 14.0. The maximum atomic E-state index is 13.7. The average molecular weight is 602 g/mol. The number of anilines is 1. The second kappa shape index (κ2) is 15.0. The van der Waals surface area contributed by atoms with Crippen LogP contribution >= 0.6 is 0 Å². The molecule has 8 N–H and O–H groups in total. The zero-order valence-electron chi connectivity index (χ0n) is 25.6. The highest BCUT2D eigenvalue weighted by atomic mass is 16.6. The van der Waals surface area contributed by atoms with Crippen molar-refractivity contribution in [1.82, 2.24) is 10.6 Å². The number of nitrogens with two attached hydrogens (primary N) is 3. The van der Waals surface area contributed by atoms with E-state index in [0.29, 0.717) is 17.4 Å². The number of nitrogens with zero attached hydrogens (tertiary/aromatic N) is 2. The monoisotopic (exact) mass is 601 g/mol. The quantitative estimate of drug-likeness (QED) is 0.0966. The smallest absolute Gasteiger partial charge is 0.408 e. The van der Waals surface area contributed by atoms with Gasteiger partial charge in [-0.15, -0.1) is 0 Å². The van der Waals surface area contributed by atoms with E-state index in [1.807, 2.05) is 13.8 Å². The number of carbonyl (C=O) groups excluding carboxylic acids is 4. The van der Waals surface area contributed by atoms with Crippen molar-refractivity contribution < 1.29 is 28.3 Å². The molecule has 14 heteroatoms. The van der Waals surface area contributed by atoms with Crippen molar-refractivity contribution in [3.05, 3.63) is 40.2 Å². The third-order valence-electron chi connectivity index (χ3n) is 6.18. The lowest BCUT2D eigenvalue weighted by molar-refractivity contribution is -0.127. The molecule has 0 spiro atoms. The zero-order valence-corrected chi connectivity index (χ0v) is 25.6. The van der Waals surface area contributed by atoms with Crippen LogP contribution in [0.3, 0.4) is 0 Å². The van der Waals surface area contributed by atoms with Crippen molar-refractivity contribution >= 4 is 46.4 Å². The molecule has 0 aliphatic heterocycles. The second-order valence-corrected chi connectivity index (χ2v) is 11.6. The van der Waals surface area contributed by atoms with Gasteiger partial charge in [0.2, 0.25) is 17.7 Å². The summed E-state index contributed by atoms with van der Waals surface area (Å²) in [6.07, 6.45) is -0.0955. The minimum atomic E-state index is -1.15. The number of rotatable bonds is 13. The maximum Gasteiger partial charge on any atom is 0.408 e. The molecule has 0 radical (unpaired) electrons. The number of hydrogen-bond donors (Lipinski definition) is 5. The van der Waals surface area contributed by atoms with E-state index in [-0.39, 0.29) is 42.5 Å². The maximum absolute atomic E-state index is 13.7. The fourth-order valence-corrected chi connectivity index (χ4v) is 4.38. The van der Waals surface area contributed by atoms with Crippen LogP contribution in [0.25, 0.3) is 11.0 Å². The summed E-state index contributed by atoms with van der Waals surface area (Å²) in [6, 6.07) is 3.91. The molecule has 1 aromatic carbocycles. The van der Waals surface area contributed by atoms with Gasteiger partial charge in [0, 0.05) is 29.8 Å². The summed E-state index contributed by atoms with van der Waals surface area (Å²) in [5.74, 6) is -2.19. The number of aryl methyl sites for hydroxylation is 1. The minimum Gasteiger partial charge on any atom is -0.444 e. The van der Waals surface area contributed by atoms with Gasteiger partial charge in [0.25, 0.3) is 0 Å². The van der Waals surface area contributed by atoms with Gasteiger partial charge in [-0.05, 0) is 70.6 Å². The topological polar surface area (TPSA) is 225 Å². The van der Waals surface area contributed by atoms with Gasteiger partial charge < -0.3 is 37.0 Å². The lowest BCUT2D eigenvalue weighted by Gasteiger charge is -2.30. The van der Waals surface area contributed by atoms with Gasteiger partial charge in [-0.1, -0.05) is 13.8 Å². The molecular weight excluding hydrogens is 558 g/mol. The van der Waals surface area contributed by atoms with E-state index in [1.54, 1.807) is 39.8 Å². The number of primary amides is 1. The molecule has 43 heavy (non-hydrogen) atoms. The fraction of sp³-hybridized carbons (Fsp3) is 0.517. The van der Waals surface area contributed by atoms with E-state index in [2.05, 4.69) is 15.6 Å². The van der Waals surface area contributed by atoms with Gasteiger partial charge in [-0.3, -0.25) is 24.3 Å². The van der Waals surface area contributed by atoms with Gasteiger partial charge in [0.15, 0.2) is 5.96 Å². The summed E-state index contributed by atoms with van der Waals surface area (Å²) in [5, 5.41) is 5.75. The second-order valence-electron chi connectivity index (χ2n) is 11.6. The Kier molecular flexibility index (Phi) is 12.1. The van der Waals surface area contributed by atoms with Crippen LogP contribution in [0.1, 0.15) is 59.4 Å². The van der Waals surface area contributed by atoms with Crippen molar-refractivity contribution in [2.75, 3.05) is 18.0 Å². The minimum absolute atomic E-state index is 0.0260. The molecule has 4 amide bonds. The number of amides is 4. The summed E-state index contributed by atoms with van der Waals surface area (Å²) in [6.45, 7) is 10.2. The Morgan fingerprint density at radius 2 is 1.77 bits per heavy atom. The number of alkyl carbamates (subject to hydrolysis) is 1. The number of hydrogen-bond acceptors (Lipinski definition) is 8. The van der Waals surface area contributed by atoms with Crippen molar-refractivity contribution in [2.45, 2.75) is 78.5 Å². The van der Waals surface area contributed by atoms with Crippen molar-refractivity contribution in [1.29, 1.82) is 0 Å². The third-order valence-corrected chi connectivity index (χ3v) is 6.18. The molecule has 0 fully saturated rings. The predicted molar refractivity (Wildman–Crippen MR) is 163 cm³/mol. The van der Waals surface area contributed by atoms with Gasteiger partial charge in [0.05, 0.1) is 6.54 Å². The molecule has 0 saturated heterocycles. The highest BCUT2D eigenvalue weighted by molar-refractivity contribution is 6.03. The van der Waals surface area contributed by atoms with E-state index < -0.39 is 53.7 Å². The molecule has 236 valence electrons. The highest BCUT2D eigenvalue weighted by Gasteiger charge is 2.31. The number of aliphatic imine (C=N–C) groups is 1. The normalized spacial score (nSPS) is 12.7. The Hall–Kier alpha value is -4.62. The van der Waals surface area contributed by atoms with Gasteiger partial charge in [-0.25, -0.2) is 9.59 Å². The third kappa shape index (κ3) is 10.9. The molecule has 0 aliphatic rings. The lowest BCUT2D eigenvalue weighted by Crippen LogP contribution is -2.54. The Labute approximate surface area is 250 Å². The number of fused-ring (bicyclic) bond motifs is 1. The summed E-state index contributed by atoms with van der Waals surface area (Å²) < 4.78 is 10.6. The van der Waals surface area contributed by atoms with Gasteiger partial charge in [-0.2, -0.15) is 0 Å². The molecule has 0 unspecified atom stereocenters. The number of guanidine groups is 1. The van der Waals surface area contributed by atoms with Crippen molar-refractivity contribution in [3.63, 3.8) is 0 Å². The van der Waals surface area contributed by atoms with Crippen LogP contribution in [0, 0.1) is 12.8 Å². The van der Waals surface area contributed by atoms with E-state index in [1.165, 1.54) is 12.1 Å². The van der Waals surface area contributed by atoms with Gasteiger partial charge >= 0.3 is 11.7 Å². The molecule has 1 heterocycles. The number of ether oxygens (including phenoxy) is 1. The molecular formula is C29H43N7O7. The standard InChI is InChI=1S/C29H43N7O7/c1-16(2)12-20(35-28(41)43-29(4,5)6)26(40)34-15-23(37)36(21(25(30)39)8-7-11-33-27(31)32)18-9-10-19-17(3)13-24(38)42-22(19)14-18/h9-10,13-14,16,20-21H,7-8,11-12,15H2,1-6H3,(H2,30,39)(H,34,40)(H,35,41)(H4,31,32,33)/t20-,21-/m0/s1. The summed E-state index contributed by atoms with van der Waals surface area (Å²) >= 11 is 0. The lowest BCUT2D eigenvalue weighted by atomic mass is 10.0. The van der Waals surface area contributed by atoms with Crippen LogP contribution in [0.2, 0.25) is 0 Å². The van der Waals surface area contributed by atoms with Crippen LogP contribution in [0.15, 0.2) is 38.5 Å². The van der Waals surface area contributed by atoms with E-state index in [9.17, 15) is 24.0 Å². The van der Waals surface area contributed by atoms with E-state index in [0.717, 1.165) is 4.90 Å². The summed E-state index contributed by atoms with van der Waals surface area (Å²) in [4.78, 5) is 68.9. The number of benzene rings is 1. The molecule has 0 saturated carbocycles. The first-order chi connectivity index (χ1) is 20.0. The first-order valence-corrected chi connectivity index (χ1v) is 14.0. The van der Waals surface area contributed by atoms with Crippen LogP contribution in [0.4, 0.5) is 10.5 Å². The Morgan fingerprint density at radius 1 is 1.09 bits per heavy atom. The van der Waals surface area contributed by atoms with Gasteiger partial charge in [0.1, 0.15) is 23.3 Å². The molecule has 14 nitrogen and oxygen atoms in total. The van der Waals surface area contributed by atoms with Crippen LogP contribution < -0.4 is 38.4 Å². The van der Waals surface area contributed by atoms with Crippen LogP contribution in [-0.2, 0) is 19.1 Å². The molecule has 2 aromatic rings. The van der Waals surface area contributed by atoms with Crippen molar-refractivity contribution in [2.24, 2.45) is 28.1 Å². The predicted octanol–water partition coefficient (Wildman–Crippen LogP) is 1.40. The number of carbonyl (C=O) groups is 4. The Balaban J connectivity index is 2.39. The largest absolute Gasteiger partial charge is 0.444 e. The Bertz CT molecular complexity index is 1410.